The molecule has 1 aromatic rings. The maximum absolute atomic E-state index is 13.2. The molecule has 0 aromatic carbocycles. The zero-order chi connectivity index (χ0) is 26.7. The molecule has 2 N–H and O–H groups in total. The molecule has 2 saturated heterocycles. The molecule has 12 nitrogen and oxygen atoms in total. The molecule has 2 fully saturated rings. The largest absolute Gasteiger partial charge is 0.394 e. The van der Waals surface area contributed by atoms with Crippen LogP contribution in [0.5, 0.6) is 0 Å². The Bertz CT molecular complexity index is 1120. The molecule has 202 valence electrons. The average Bonchev–Trinajstić information content (AvgIpc) is 3.33. The van der Waals surface area contributed by atoms with Crippen LogP contribution in [0.1, 0.15) is 38.5 Å². The van der Waals surface area contributed by atoms with Gasteiger partial charge in [-0.1, -0.05) is 6.92 Å². The van der Waals surface area contributed by atoms with Gasteiger partial charge in [0, 0.05) is 37.5 Å². The second kappa shape index (κ2) is 12.5. The number of ether oxygens (including phenoxy) is 2. The minimum atomic E-state index is -3.67. The van der Waals surface area contributed by atoms with E-state index < -0.39 is 68.6 Å². The van der Waals surface area contributed by atoms with Crippen LogP contribution in [-0.2, 0) is 50.4 Å². The van der Waals surface area contributed by atoms with Gasteiger partial charge in [-0.3, -0.25) is 18.9 Å². The number of aryl methyl sites for hydroxylation is 1. The van der Waals surface area contributed by atoms with Gasteiger partial charge in [0.1, 0.15) is 26.3 Å². The molecule has 3 rings (SSSR count). The Morgan fingerprint density at radius 2 is 1.86 bits per heavy atom. The van der Waals surface area contributed by atoms with Crippen LogP contribution in [0.4, 0.5) is 0 Å². The third kappa shape index (κ3) is 7.69. The summed E-state index contributed by atoms with van der Waals surface area (Å²) in [5, 5.41) is 9.78. The zero-order valence-corrected chi connectivity index (χ0v) is 23.3. The molecule has 0 amide bonds. The highest BCUT2D eigenvalue weighted by atomic mass is 32.5. The van der Waals surface area contributed by atoms with Gasteiger partial charge in [-0.15, -0.1) is 0 Å². The quantitative estimate of drug-likeness (QED) is 0.278. The summed E-state index contributed by atoms with van der Waals surface area (Å²) in [5.74, 6) is 0. The van der Waals surface area contributed by atoms with Gasteiger partial charge < -0.3 is 32.7 Å². The summed E-state index contributed by atoms with van der Waals surface area (Å²) < 4.78 is 48.6. The first-order valence-electron chi connectivity index (χ1n) is 11.7. The monoisotopic (exact) mass is 566 g/mol. The Balaban J connectivity index is 1.64. The van der Waals surface area contributed by atoms with Crippen molar-refractivity contribution in [3.63, 3.8) is 0 Å². The van der Waals surface area contributed by atoms with Crippen molar-refractivity contribution < 1.29 is 37.2 Å². The highest BCUT2D eigenvalue weighted by molar-refractivity contribution is 8.09. The summed E-state index contributed by atoms with van der Waals surface area (Å²) in [7, 11) is 2.24. The summed E-state index contributed by atoms with van der Waals surface area (Å²) in [6, 6.07) is -0.594. The number of rotatable bonds is 12. The van der Waals surface area contributed by atoms with E-state index >= 15 is 0 Å². The van der Waals surface area contributed by atoms with Crippen molar-refractivity contribution >= 4 is 33.7 Å². The Morgan fingerprint density at radius 1 is 1.17 bits per heavy atom. The summed E-state index contributed by atoms with van der Waals surface area (Å²) in [6.45, 7) is 3.95. The maximum Gasteiger partial charge on any atom is 0.330 e. The molecule has 2 aliphatic rings. The van der Waals surface area contributed by atoms with Crippen molar-refractivity contribution in [2.75, 3.05) is 33.2 Å². The van der Waals surface area contributed by atoms with Crippen molar-refractivity contribution in [3.05, 3.63) is 32.6 Å². The van der Waals surface area contributed by atoms with Crippen molar-refractivity contribution in [2.45, 2.75) is 69.8 Å². The molecule has 36 heavy (non-hydrogen) atoms. The fourth-order valence-corrected chi connectivity index (χ4v) is 7.22. The van der Waals surface area contributed by atoms with E-state index in [1.54, 1.807) is 13.6 Å². The first kappa shape index (κ1) is 29.9. The Labute approximate surface area is 216 Å². The molecular weight excluding hydrogens is 533 g/mol. The lowest BCUT2D eigenvalue weighted by Crippen LogP contribution is -2.34. The smallest absolute Gasteiger partial charge is 0.330 e. The molecule has 0 saturated carbocycles. The molecule has 1 aromatic heterocycles. The normalized spacial score (nSPS) is 31.8. The highest BCUT2D eigenvalue weighted by Crippen LogP contribution is 2.51. The number of aliphatic hydroxyl groups is 1. The lowest BCUT2D eigenvalue weighted by molar-refractivity contribution is -0.0453. The van der Waals surface area contributed by atoms with Crippen LogP contribution in [0, 0.1) is 0 Å². The molecule has 16 heteroatoms. The van der Waals surface area contributed by atoms with Crippen molar-refractivity contribution in [1.82, 2.24) is 9.55 Å². The van der Waals surface area contributed by atoms with Crippen LogP contribution in [0.3, 0.4) is 0 Å². The maximum atomic E-state index is 13.2. The fraction of sp³-hybridized carbons (Fsp3) is 0.800. The number of aliphatic hydroxyl groups excluding tert-OH is 1. The Morgan fingerprint density at radius 3 is 2.50 bits per heavy atom. The number of H-pyrrole nitrogens is 1. The lowest BCUT2D eigenvalue weighted by atomic mass is 9.96. The van der Waals surface area contributed by atoms with Gasteiger partial charge >= 0.3 is 13.3 Å². The summed E-state index contributed by atoms with van der Waals surface area (Å²) in [6.07, 6.45) is -1.34. The molecule has 3 heterocycles. The van der Waals surface area contributed by atoms with Gasteiger partial charge in [-0.05, 0) is 31.6 Å². The summed E-state index contributed by atoms with van der Waals surface area (Å²) in [4.78, 5) is 26.5. The van der Waals surface area contributed by atoms with E-state index in [1.807, 2.05) is 6.92 Å². The Hall–Kier alpha value is -0.655. The van der Waals surface area contributed by atoms with E-state index in [-0.39, 0.29) is 13.0 Å². The number of hydrogen-bond donors (Lipinski definition) is 2. The van der Waals surface area contributed by atoms with Gasteiger partial charge in [0.15, 0.2) is 6.49 Å². The number of nitrogens with one attached hydrogen (secondary N) is 1. The number of aromatic amines is 1. The molecule has 0 spiro atoms. The number of nitrogens with zero attached hydrogens (tertiary/aromatic N) is 1. The highest BCUT2D eigenvalue weighted by Gasteiger charge is 2.42. The third-order valence-corrected chi connectivity index (χ3v) is 9.04. The second-order valence-corrected chi connectivity index (χ2v) is 14.7. The van der Waals surface area contributed by atoms with Crippen LogP contribution in [0.2, 0.25) is 0 Å². The molecule has 8 unspecified atom stereocenters. The zero-order valence-electron chi connectivity index (χ0n) is 20.7. The first-order valence-corrected chi connectivity index (χ1v) is 16.8. The molecule has 0 aliphatic carbocycles. The number of aromatic nitrogens is 2. The molecule has 2 radical (unpaired) electrons. The molecular formula is C20H33BN2O10P2S. The van der Waals surface area contributed by atoms with E-state index in [9.17, 15) is 19.3 Å². The minimum Gasteiger partial charge on any atom is -0.394 e. The van der Waals surface area contributed by atoms with Crippen molar-refractivity contribution in [1.29, 1.82) is 0 Å². The summed E-state index contributed by atoms with van der Waals surface area (Å²) in [5.41, 5.74) is -0.716. The first-order chi connectivity index (χ1) is 16.9. The van der Waals surface area contributed by atoms with E-state index in [0.29, 0.717) is 25.0 Å². The van der Waals surface area contributed by atoms with Gasteiger partial charge in [0.2, 0.25) is 0 Å². The van der Waals surface area contributed by atoms with Crippen LogP contribution in [-0.4, -0.2) is 86.1 Å². The second-order valence-electron chi connectivity index (χ2n) is 8.71. The Kier molecular flexibility index (Phi) is 10.4. The molecule has 8 atom stereocenters. The van der Waals surface area contributed by atoms with Crippen LogP contribution < -0.4 is 11.2 Å². The van der Waals surface area contributed by atoms with E-state index in [4.69, 9.17) is 47.2 Å². The predicted molar refractivity (Wildman–Crippen MR) is 136 cm³/mol. The predicted octanol–water partition coefficient (Wildman–Crippen LogP) is 1.25. The fourth-order valence-electron chi connectivity index (χ4n) is 4.14. The van der Waals surface area contributed by atoms with Gasteiger partial charge in [0.05, 0.1) is 32.0 Å². The third-order valence-electron chi connectivity index (χ3n) is 5.81. The molecule has 0 bridgehead atoms. The van der Waals surface area contributed by atoms with E-state index in [2.05, 4.69) is 4.98 Å². The standard InChI is InChI=1S/C20H33BN2O10P2S/c1-5-12-9-23(20(26)22-19(12)25)18-8-14(15(10-24)31-18)32-34(3,27)29-11-16-13(7-17(21)30-16)33-35(4,36)28-6-2/h9,13-18,24H,5-8,10-11H2,1-4H3,(H,22,25,26). The van der Waals surface area contributed by atoms with Crippen LogP contribution >= 0.6 is 14.1 Å². The van der Waals surface area contributed by atoms with Gasteiger partial charge in [-0.25, -0.2) is 4.79 Å². The van der Waals surface area contributed by atoms with Crippen LogP contribution in [0.15, 0.2) is 15.8 Å². The molecule has 2 aliphatic heterocycles. The van der Waals surface area contributed by atoms with E-state index in [1.165, 1.54) is 17.4 Å². The minimum absolute atomic E-state index is 0.102. The van der Waals surface area contributed by atoms with E-state index in [0.717, 1.165) is 0 Å². The van der Waals surface area contributed by atoms with Crippen molar-refractivity contribution in [2.24, 2.45) is 0 Å². The van der Waals surface area contributed by atoms with Gasteiger partial charge in [0.25, 0.3) is 5.56 Å². The number of hydrogen-bond acceptors (Lipinski definition) is 11. The average molecular weight is 566 g/mol. The topological polar surface area (TPSA) is 148 Å². The lowest BCUT2D eigenvalue weighted by Gasteiger charge is -2.26. The SMILES string of the molecule is [B]C1CC(OP(C)(=S)OCC)C(COP(C)(=O)OC2CC(n3cc(CC)c(=O)[nH]c3=O)OC2CO)O1. The van der Waals surface area contributed by atoms with Crippen LogP contribution in [0.25, 0.3) is 0 Å². The summed E-state index contributed by atoms with van der Waals surface area (Å²) >= 11 is 5.40. The van der Waals surface area contributed by atoms with Gasteiger partial charge in [-0.2, -0.15) is 0 Å². The van der Waals surface area contributed by atoms with Crippen molar-refractivity contribution in [3.8, 4) is 0 Å².